The van der Waals surface area contributed by atoms with Crippen LogP contribution in [0.4, 0.5) is 0 Å². The van der Waals surface area contributed by atoms with E-state index in [9.17, 15) is 9.90 Å². The molecule has 0 aliphatic carbocycles. The number of carboxylic acid groups (broad SMARTS) is 1. The molecule has 1 saturated heterocycles. The Kier molecular flexibility index (Phi) is 3.41. The zero-order chi connectivity index (χ0) is 13.4. The summed E-state index contributed by atoms with van der Waals surface area (Å²) in [4.78, 5) is 11.4. The number of rotatable bonds is 2. The highest BCUT2D eigenvalue weighted by Crippen LogP contribution is 2.32. The summed E-state index contributed by atoms with van der Waals surface area (Å²) in [6.45, 7) is 8.05. The fourth-order valence-electron chi connectivity index (χ4n) is 2.64. The zero-order valence-corrected chi connectivity index (χ0v) is 11.2. The lowest BCUT2D eigenvalue weighted by Crippen LogP contribution is -2.30. The van der Waals surface area contributed by atoms with Crippen molar-refractivity contribution in [3.63, 3.8) is 0 Å². The van der Waals surface area contributed by atoms with Gasteiger partial charge < -0.3 is 5.11 Å². The highest BCUT2D eigenvalue weighted by molar-refractivity contribution is 5.73. The third-order valence-corrected chi connectivity index (χ3v) is 3.87. The minimum atomic E-state index is -0.761. The summed E-state index contributed by atoms with van der Waals surface area (Å²) in [5.41, 5.74) is 10.8. The van der Waals surface area contributed by atoms with E-state index in [1.807, 2.05) is 13.8 Å². The second-order valence-corrected chi connectivity index (χ2v) is 5.21. The molecular formula is C14H20N2O2. The Morgan fingerprint density at radius 2 is 1.72 bits per heavy atom. The van der Waals surface area contributed by atoms with Crippen LogP contribution in [0.5, 0.6) is 0 Å². The van der Waals surface area contributed by atoms with Crippen molar-refractivity contribution in [1.82, 2.24) is 10.9 Å². The fourth-order valence-corrected chi connectivity index (χ4v) is 2.64. The number of nitrogens with one attached hydrogen (secondary N) is 2. The number of aryl methyl sites for hydroxylation is 3. The largest absolute Gasteiger partial charge is 0.481 e. The van der Waals surface area contributed by atoms with Crippen LogP contribution in [0.2, 0.25) is 0 Å². The van der Waals surface area contributed by atoms with Crippen LogP contribution in [0.25, 0.3) is 0 Å². The lowest BCUT2D eigenvalue weighted by Gasteiger charge is -2.20. The zero-order valence-electron chi connectivity index (χ0n) is 11.2. The first-order valence-electron chi connectivity index (χ1n) is 6.23. The Labute approximate surface area is 107 Å². The van der Waals surface area contributed by atoms with Crippen molar-refractivity contribution in [3.05, 3.63) is 34.4 Å². The van der Waals surface area contributed by atoms with E-state index in [2.05, 4.69) is 36.8 Å². The van der Waals surface area contributed by atoms with E-state index in [1.54, 1.807) is 0 Å². The van der Waals surface area contributed by atoms with Gasteiger partial charge in [0, 0.05) is 6.04 Å². The lowest BCUT2D eigenvalue weighted by atomic mass is 9.86. The molecule has 1 aromatic rings. The molecule has 0 aromatic heterocycles. The number of hydrogen-bond donors (Lipinski definition) is 3. The molecule has 98 valence electrons. The molecule has 4 nitrogen and oxygen atoms in total. The first-order chi connectivity index (χ1) is 8.41. The highest BCUT2D eigenvalue weighted by Gasteiger charge is 2.40. The standard InChI is InChI=1S/C14H20N2O2/c1-7-5-9(3)11(6-8(7)2)13-12(14(17)18)10(4)15-16-13/h5-6,10,12-13,15-16H,1-4H3,(H,17,18). The average molecular weight is 248 g/mol. The molecule has 0 bridgehead atoms. The van der Waals surface area contributed by atoms with E-state index in [0.717, 1.165) is 11.1 Å². The van der Waals surface area contributed by atoms with E-state index in [1.165, 1.54) is 11.1 Å². The third kappa shape index (κ3) is 2.13. The van der Waals surface area contributed by atoms with Crippen molar-refractivity contribution in [2.75, 3.05) is 0 Å². The topological polar surface area (TPSA) is 61.4 Å². The molecule has 3 unspecified atom stereocenters. The molecule has 0 radical (unpaired) electrons. The smallest absolute Gasteiger partial charge is 0.310 e. The molecular weight excluding hydrogens is 228 g/mol. The number of carboxylic acids is 1. The normalized spacial score (nSPS) is 27.4. The van der Waals surface area contributed by atoms with Crippen LogP contribution in [0, 0.1) is 26.7 Å². The highest BCUT2D eigenvalue weighted by atomic mass is 16.4. The summed E-state index contributed by atoms with van der Waals surface area (Å²) in [7, 11) is 0. The second kappa shape index (κ2) is 4.71. The molecule has 1 aromatic carbocycles. The fraction of sp³-hybridized carbons (Fsp3) is 0.500. The molecule has 0 amide bonds. The Balaban J connectivity index is 2.42. The third-order valence-electron chi connectivity index (χ3n) is 3.87. The van der Waals surface area contributed by atoms with Crippen LogP contribution in [0.3, 0.4) is 0 Å². The van der Waals surface area contributed by atoms with Gasteiger partial charge in [-0.2, -0.15) is 0 Å². The molecule has 0 spiro atoms. The molecule has 3 N–H and O–H groups in total. The van der Waals surface area contributed by atoms with E-state index in [4.69, 9.17) is 0 Å². The molecule has 1 fully saturated rings. The van der Waals surface area contributed by atoms with Crippen molar-refractivity contribution in [2.24, 2.45) is 5.92 Å². The van der Waals surface area contributed by atoms with Gasteiger partial charge in [0.15, 0.2) is 0 Å². The van der Waals surface area contributed by atoms with Crippen LogP contribution in [0.15, 0.2) is 12.1 Å². The van der Waals surface area contributed by atoms with E-state index < -0.39 is 11.9 Å². The second-order valence-electron chi connectivity index (χ2n) is 5.21. The molecule has 2 rings (SSSR count). The maximum Gasteiger partial charge on any atom is 0.310 e. The van der Waals surface area contributed by atoms with Crippen molar-refractivity contribution in [3.8, 4) is 0 Å². The Morgan fingerprint density at radius 1 is 1.11 bits per heavy atom. The summed E-state index contributed by atoms with van der Waals surface area (Å²) < 4.78 is 0. The first kappa shape index (κ1) is 13.1. The van der Waals surface area contributed by atoms with Crippen molar-refractivity contribution in [1.29, 1.82) is 0 Å². The summed E-state index contributed by atoms with van der Waals surface area (Å²) in [6.07, 6.45) is 0. The van der Waals surface area contributed by atoms with Crippen LogP contribution < -0.4 is 10.9 Å². The summed E-state index contributed by atoms with van der Waals surface area (Å²) in [5, 5.41) is 9.35. The van der Waals surface area contributed by atoms with Gasteiger partial charge in [0.25, 0.3) is 0 Å². The molecule has 1 heterocycles. The first-order valence-corrected chi connectivity index (χ1v) is 6.23. The van der Waals surface area contributed by atoms with Gasteiger partial charge in [-0.1, -0.05) is 12.1 Å². The van der Waals surface area contributed by atoms with Crippen LogP contribution in [0.1, 0.15) is 35.2 Å². The molecule has 18 heavy (non-hydrogen) atoms. The van der Waals surface area contributed by atoms with Crippen molar-refractivity contribution < 1.29 is 9.90 Å². The molecule has 1 aliphatic rings. The Morgan fingerprint density at radius 3 is 2.33 bits per heavy atom. The lowest BCUT2D eigenvalue weighted by molar-refractivity contribution is -0.142. The Bertz CT molecular complexity index is 485. The molecule has 1 aliphatic heterocycles. The number of aliphatic carboxylic acids is 1. The number of hydrazine groups is 1. The quantitative estimate of drug-likeness (QED) is 0.747. The number of carbonyl (C=O) groups is 1. The summed E-state index contributed by atoms with van der Waals surface area (Å²) in [5.74, 6) is -1.20. The maximum atomic E-state index is 11.4. The minimum absolute atomic E-state index is 0.0755. The maximum absolute atomic E-state index is 11.4. The molecule has 0 saturated carbocycles. The van der Waals surface area contributed by atoms with Gasteiger partial charge in [0.2, 0.25) is 0 Å². The van der Waals surface area contributed by atoms with Crippen LogP contribution >= 0.6 is 0 Å². The van der Waals surface area contributed by atoms with E-state index in [0.29, 0.717) is 0 Å². The Hall–Kier alpha value is -1.39. The van der Waals surface area contributed by atoms with Gasteiger partial charge in [-0.05, 0) is 49.9 Å². The van der Waals surface area contributed by atoms with Gasteiger partial charge in [-0.15, -0.1) is 0 Å². The van der Waals surface area contributed by atoms with E-state index >= 15 is 0 Å². The SMILES string of the molecule is Cc1cc(C)c(C2NNC(C)C2C(=O)O)cc1C. The molecule has 3 atom stereocenters. The molecule has 4 heteroatoms. The number of hydrogen-bond acceptors (Lipinski definition) is 3. The summed E-state index contributed by atoms with van der Waals surface area (Å²) >= 11 is 0. The predicted molar refractivity (Wildman–Crippen MR) is 70.3 cm³/mol. The minimum Gasteiger partial charge on any atom is -0.481 e. The summed E-state index contributed by atoms with van der Waals surface area (Å²) in [6, 6.07) is 3.97. The van der Waals surface area contributed by atoms with Gasteiger partial charge in [-0.25, -0.2) is 5.43 Å². The van der Waals surface area contributed by atoms with E-state index in [-0.39, 0.29) is 12.1 Å². The van der Waals surface area contributed by atoms with Gasteiger partial charge >= 0.3 is 5.97 Å². The monoisotopic (exact) mass is 248 g/mol. The van der Waals surface area contributed by atoms with Crippen molar-refractivity contribution in [2.45, 2.75) is 39.8 Å². The van der Waals surface area contributed by atoms with Crippen LogP contribution in [-0.2, 0) is 4.79 Å². The van der Waals surface area contributed by atoms with Gasteiger partial charge in [0.05, 0.1) is 12.0 Å². The predicted octanol–water partition coefficient (Wildman–Crippen LogP) is 1.85. The van der Waals surface area contributed by atoms with Crippen molar-refractivity contribution >= 4 is 5.97 Å². The average Bonchev–Trinajstić information content (AvgIpc) is 2.65. The number of benzene rings is 1. The van der Waals surface area contributed by atoms with Gasteiger partial charge in [0.1, 0.15) is 0 Å². The van der Waals surface area contributed by atoms with Gasteiger partial charge in [-0.3, -0.25) is 10.2 Å². The van der Waals surface area contributed by atoms with Crippen LogP contribution in [-0.4, -0.2) is 17.1 Å².